The zero-order valence-electron chi connectivity index (χ0n) is 12.5. The highest BCUT2D eigenvalue weighted by Crippen LogP contribution is 2.23. The van der Waals surface area contributed by atoms with Crippen molar-refractivity contribution in [3.05, 3.63) is 35.9 Å². The lowest BCUT2D eigenvalue weighted by atomic mass is 10.2. The molecule has 0 radical (unpaired) electrons. The molecular formula is C17H25BrO3. The molecule has 118 valence electrons. The molecule has 0 amide bonds. The van der Waals surface area contributed by atoms with Crippen LogP contribution >= 0.6 is 15.9 Å². The van der Waals surface area contributed by atoms with Crippen molar-refractivity contribution < 1.29 is 14.2 Å². The largest absolute Gasteiger partial charge is 0.373 e. The van der Waals surface area contributed by atoms with Gasteiger partial charge in [-0.3, -0.25) is 0 Å². The normalized spacial score (nSPS) is 22.3. The fraction of sp³-hybridized carbons (Fsp3) is 0.647. The number of benzene rings is 1. The fourth-order valence-corrected chi connectivity index (χ4v) is 2.76. The van der Waals surface area contributed by atoms with Crippen LogP contribution < -0.4 is 0 Å². The van der Waals surface area contributed by atoms with Crippen LogP contribution in [0, 0.1) is 0 Å². The summed E-state index contributed by atoms with van der Waals surface area (Å²) in [5, 5.41) is 1.11. The van der Waals surface area contributed by atoms with Gasteiger partial charge in [0.15, 0.2) is 6.29 Å². The van der Waals surface area contributed by atoms with Crippen LogP contribution in [0.25, 0.3) is 0 Å². The quantitative estimate of drug-likeness (QED) is 0.482. The second-order valence-corrected chi connectivity index (χ2v) is 6.15. The Balaban J connectivity index is 1.53. The lowest BCUT2D eigenvalue weighted by molar-refractivity contribution is -0.230. The molecule has 1 fully saturated rings. The number of unbranched alkanes of at least 4 members (excludes halogenated alkanes) is 4. The van der Waals surface area contributed by atoms with Crippen LogP contribution in [0.5, 0.6) is 0 Å². The van der Waals surface area contributed by atoms with E-state index in [9.17, 15) is 0 Å². The first-order chi connectivity index (χ1) is 10.4. The van der Waals surface area contributed by atoms with Crippen LogP contribution in [0.1, 0.15) is 44.0 Å². The number of alkyl halides is 1. The minimum Gasteiger partial charge on any atom is -0.373 e. The maximum atomic E-state index is 5.81. The molecule has 0 aliphatic carbocycles. The van der Waals surface area contributed by atoms with E-state index < -0.39 is 0 Å². The lowest BCUT2D eigenvalue weighted by Crippen LogP contribution is -2.33. The summed E-state index contributed by atoms with van der Waals surface area (Å²) in [5.74, 6) is 0. The van der Waals surface area contributed by atoms with Crippen LogP contribution in [-0.4, -0.2) is 31.3 Å². The van der Waals surface area contributed by atoms with Crippen molar-refractivity contribution in [1.29, 1.82) is 0 Å². The van der Waals surface area contributed by atoms with E-state index in [1.165, 1.54) is 25.7 Å². The summed E-state index contributed by atoms with van der Waals surface area (Å²) in [7, 11) is 0. The minimum atomic E-state index is -0.240. The smallest absolute Gasteiger partial charge is 0.184 e. The van der Waals surface area contributed by atoms with Crippen molar-refractivity contribution in [3.8, 4) is 0 Å². The molecule has 3 nitrogen and oxygen atoms in total. The van der Waals surface area contributed by atoms with E-state index >= 15 is 0 Å². The molecule has 1 aromatic carbocycles. The molecule has 4 heteroatoms. The number of ether oxygens (including phenoxy) is 3. The van der Waals surface area contributed by atoms with Crippen LogP contribution in [0.4, 0.5) is 0 Å². The molecular weight excluding hydrogens is 332 g/mol. The fourth-order valence-electron chi connectivity index (χ4n) is 2.36. The average molecular weight is 357 g/mol. The summed E-state index contributed by atoms with van der Waals surface area (Å²) in [6.07, 6.45) is 6.08. The van der Waals surface area contributed by atoms with E-state index in [0.29, 0.717) is 13.2 Å². The Kier molecular flexibility index (Phi) is 8.33. The summed E-state index contributed by atoms with van der Waals surface area (Å²) in [6.45, 7) is 2.04. The Bertz CT molecular complexity index is 364. The summed E-state index contributed by atoms with van der Waals surface area (Å²) in [4.78, 5) is 0. The van der Waals surface area contributed by atoms with Crippen molar-refractivity contribution in [2.45, 2.75) is 44.5 Å². The molecule has 1 aliphatic heterocycles. The molecule has 2 rings (SSSR count). The van der Waals surface area contributed by atoms with Gasteiger partial charge < -0.3 is 14.2 Å². The standard InChI is InChI=1S/C17H25BrO3/c18-11-7-2-1-3-8-12-19-16-13-20-17(21-14-16)15-9-5-4-6-10-15/h4-6,9-10,16-17H,1-3,7-8,11-14H2. The predicted molar refractivity (Wildman–Crippen MR) is 87.7 cm³/mol. The molecule has 0 atom stereocenters. The van der Waals surface area contributed by atoms with E-state index in [-0.39, 0.29) is 12.4 Å². The van der Waals surface area contributed by atoms with Gasteiger partial charge in [-0.2, -0.15) is 0 Å². The number of rotatable bonds is 9. The zero-order valence-corrected chi connectivity index (χ0v) is 14.1. The van der Waals surface area contributed by atoms with Crippen LogP contribution in [0.15, 0.2) is 30.3 Å². The Morgan fingerprint density at radius 3 is 2.33 bits per heavy atom. The third-order valence-electron chi connectivity index (χ3n) is 3.57. The topological polar surface area (TPSA) is 27.7 Å². The number of hydrogen-bond donors (Lipinski definition) is 0. The maximum absolute atomic E-state index is 5.81. The SMILES string of the molecule is BrCCCCCCCOC1COC(c2ccccc2)OC1. The van der Waals surface area contributed by atoms with E-state index in [1.807, 2.05) is 30.3 Å². The molecule has 0 unspecified atom stereocenters. The van der Waals surface area contributed by atoms with Crippen LogP contribution in [0.3, 0.4) is 0 Å². The van der Waals surface area contributed by atoms with E-state index in [2.05, 4.69) is 15.9 Å². The number of halogens is 1. The van der Waals surface area contributed by atoms with Crippen molar-refractivity contribution >= 4 is 15.9 Å². The number of hydrogen-bond acceptors (Lipinski definition) is 3. The van der Waals surface area contributed by atoms with Crippen molar-refractivity contribution in [1.82, 2.24) is 0 Å². The van der Waals surface area contributed by atoms with Gasteiger partial charge in [-0.15, -0.1) is 0 Å². The molecule has 0 saturated carbocycles. The Hall–Kier alpha value is -0.420. The second-order valence-electron chi connectivity index (χ2n) is 5.36. The molecule has 0 bridgehead atoms. The predicted octanol–water partition coefficient (Wildman–Crippen LogP) is 4.46. The van der Waals surface area contributed by atoms with E-state index in [1.54, 1.807) is 0 Å². The Morgan fingerprint density at radius 1 is 0.952 bits per heavy atom. The van der Waals surface area contributed by atoms with Gasteiger partial charge in [0.2, 0.25) is 0 Å². The van der Waals surface area contributed by atoms with Gasteiger partial charge >= 0.3 is 0 Å². The maximum Gasteiger partial charge on any atom is 0.184 e. The first-order valence-corrected chi connectivity index (χ1v) is 8.98. The van der Waals surface area contributed by atoms with Crippen molar-refractivity contribution in [2.75, 3.05) is 25.2 Å². The molecule has 0 spiro atoms. The van der Waals surface area contributed by atoms with Crippen molar-refractivity contribution in [2.24, 2.45) is 0 Å². The molecule has 0 N–H and O–H groups in total. The van der Waals surface area contributed by atoms with E-state index in [0.717, 1.165) is 23.9 Å². The summed E-state index contributed by atoms with van der Waals surface area (Å²) < 4.78 is 17.3. The highest BCUT2D eigenvalue weighted by Gasteiger charge is 2.23. The Labute approximate surface area is 136 Å². The minimum absolute atomic E-state index is 0.0764. The van der Waals surface area contributed by atoms with Gasteiger partial charge in [-0.25, -0.2) is 0 Å². The lowest BCUT2D eigenvalue weighted by Gasteiger charge is -2.29. The van der Waals surface area contributed by atoms with Crippen molar-refractivity contribution in [3.63, 3.8) is 0 Å². The molecule has 1 aliphatic rings. The summed E-state index contributed by atoms with van der Waals surface area (Å²) in [6, 6.07) is 10.0. The van der Waals surface area contributed by atoms with E-state index in [4.69, 9.17) is 14.2 Å². The first kappa shape index (κ1) is 16.9. The van der Waals surface area contributed by atoms with Gasteiger partial charge in [0, 0.05) is 17.5 Å². The highest BCUT2D eigenvalue weighted by molar-refractivity contribution is 9.09. The zero-order chi connectivity index (χ0) is 14.8. The summed E-state index contributed by atoms with van der Waals surface area (Å²) in [5.41, 5.74) is 1.07. The van der Waals surface area contributed by atoms with Gasteiger partial charge in [0.1, 0.15) is 6.10 Å². The van der Waals surface area contributed by atoms with Gasteiger partial charge in [0.25, 0.3) is 0 Å². The molecule has 1 saturated heterocycles. The second kappa shape index (κ2) is 10.3. The monoisotopic (exact) mass is 356 g/mol. The summed E-state index contributed by atoms with van der Waals surface area (Å²) >= 11 is 3.45. The molecule has 21 heavy (non-hydrogen) atoms. The van der Waals surface area contributed by atoms with Crippen LogP contribution in [-0.2, 0) is 14.2 Å². The third-order valence-corrected chi connectivity index (χ3v) is 4.13. The third kappa shape index (κ3) is 6.47. The molecule has 1 heterocycles. The van der Waals surface area contributed by atoms with Gasteiger partial charge in [0.05, 0.1) is 13.2 Å². The van der Waals surface area contributed by atoms with Gasteiger partial charge in [-0.05, 0) is 12.8 Å². The highest BCUT2D eigenvalue weighted by atomic mass is 79.9. The first-order valence-electron chi connectivity index (χ1n) is 7.86. The Morgan fingerprint density at radius 2 is 1.62 bits per heavy atom. The van der Waals surface area contributed by atoms with Gasteiger partial charge in [-0.1, -0.05) is 65.5 Å². The molecule has 1 aromatic rings. The average Bonchev–Trinajstić information content (AvgIpc) is 2.55. The van der Waals surface area contributed by atoms with Crippen LogP contribution in [0.2, 0.25) is 0 Å². The molecule has 0 aromatic heterocycles.